The maximum Gasteiger partial charge on any atom is 0.245 e. The Bertz CT molecular complexity index is 889. The Morgan fingerprint density at radius 3 is 2.77 bits per heavy atom. The van der Waals surface area contributed by atoms with Gasteiger partial charge in [-0.1, -0.05) is 47.6 Å². The molecule has 0 aliphatic rings. The van der Waals surface area contributed by atoms with Crippen molar-refractivity contribution < 1.29 is 9.53 Å². The largest absolute Gasteiger partial charge is 0.383 e. The van der Waals surface area contributed by atoms with E-state index in [1.165, 1.54) is 4.68 Å². The molecule has 1 amide bonds. The molecule has 0 saturated heterocycles. The maximum atomic E-state index is 12.9. The highest BCUT2D eigenvalue weighted by molar-refractivity contribution is 5.86. The summed E-state index contributed by atoms with van der Waals surface area (Å²) >= 11 is 0. The molecule has 0 spiro atoms. The van der Waals surface area contributed by atoms with E-state index in [0.717, 1.165) is 16.3 Å². The first-order valence-electron chi connectivity index (χ1n) is 8.37. The van der Waals surface area contributed by atoms with Crippen LogP contribution >= 0.6 is 0 Å². The molecular formula is C18H22N6O2. The first kappa shape index (κ1) is 17.8. The summed E-state index contributed by atoms with van der Waals surface area (Å²) in [6.07, 6.45) is 0. The van der Waals surface area contributed by atoms with Crippen LogP contribution in [0.2, 0.25) is 0 Å². The van der Waals surface area contributed by atoms with Crippen LogP contribution in [-0.4, -0.2) is 50.8 Å². The number of nitrogens with two attached hydrogens (primary N) is 1. The highest BCUT2D eigenvalue weighted by Gasteiger charge is 2.22. The third kappa shape index (κ3) is 3.80. The molecular weight excluding hydrogens is 332 g/mol. The smallest absolute Gasteiger partial charge is 0.245 e. The lowest BCUT2D eigenvalue weighted by molar-refractivity contribution is -0.135. The lowest BCUT2D eigenvalue weighted by atomic mass is 10.0. The number of amides is 1. The summed E-state index contributed by atoms with van der Waals surface area (Å²) in [5.41, 5.74) is 6.76. The predicted molar refractivity (Wildman–Crippen MR) is 98.1 cm³/mol. The van der Waals surface area contributed by atoms with Gasteiger partial charge < -0.3 is 15.4 Å². The molecule has 1 heterocycles. The minimum Gasteiger partial charge on any atom is -0.383 e. The van der Waals surface area contributed by atoms with Gasteiger partial charge in [0.1, 0.15) is 6.54 Å². The number of ether oxygens (including phenoxy) is 1. The summed E-state index contributed by atoms with van der Waals surface area (Å²) in [6.45, 7) is 2.83. The van der Waals surface area contributed by atoms with Crippen LogP contribution in [0.15, 0.2) is 42.5 Å². The number of rotatable bonds is 7. The maximum absolute atomic E-state index is 12.9. The second-order valence-corrected chi connectivity index (χ2v) is 6.16. The van der Waals surface area contributed by atoms with Crippen LogP contribution in [0, 0.1) is 0 Å². The average Bonchev–Trinajstić information content (AvgIpc) is 3.04. The molecule has 3 rings (SSSR count). The van der Waals surface area contributed by atoms with E-state index in [0.29, 0.717) is 13.2 Å². The highest BCUT2D eigenvalue weighted by Crippen LogP contribution is 2.21. The first-order chi connectivity index (χ1) is 12.6. The molecule has 0 saturated carbocycles. The van der Waals surface area contributed by atoms with Crippen molar-refractivity contribution in [1.82, 2.24) is 25.1 Å². The molecule has 0 fully saturated rings. The summed E-state index contributed by atoms with van der Waals surface area (Å²) in [5.74, 6) is -0.00987. The molecule has 8 heteroatoms. The Morgan fingerprint density at radius 1 is 1.27 bits per heavy atom. The zero-order valence-electron chi connectivity index (χ0n) is 14.9. The average molecular weight is 354 g/mol. The molecule has 1 atom stereocenters. The third-order valence-corrected chi connectivity index (χ3v) is 4.33. The molecule has 26 heavy (non-hydrogen) atoms. The lowest BCUT2D eigenvalue weighted by Crippen LogP contribution is -2.42. The van der Waals surface area contributed by atoms with Crippen molar-refractivity contribution in [2.45, 2.75) is 26.1 Å². The fourth-order valence-corrected chi connectivity index (χ4v) is 2.98. The third-order valence-electron chi connectivity index (χ3n) is 4.33. The van der Waals surface area contributed by atoms with Crippen molar-refractivity contribution in [3.8, 4) is 0 Å². The van der Waals surface area contributed by atoms with E-state index < -0.39 is 0 Å². The van der Waals surface area contributed by atoms with Crippen molar-refractivity contribution in [3.63, 3.8) is 0 Å². The molecule has 136 valence electrons. The number of tetrazole rings is 1. The number of anilines is 1. The van der Waals surface area contributed by atoms with Gasteiger partial charge in [0.05, 0.1) is 12.6 Å². The summed E-state index contributed by atoms with van der Waals surface area (Å²) < 4.78 is 6.54. The molecule has 0 aliphatic heterocycles. The van der Waals surface area contributed by atoms with E-state index >= 15 is 0 Å². The van der Waals surface area contributed by atoms with Crippen LogP contribution in [0.3, 0.4) is 0 Å². The van der Waals surface area contributed by atoms with Gasteiger partial charge >= 0.3 is 0 Å². The van der Waals surface area contributed by atoms with Gasteiger partial charge in [-0.2, -0.15) is 0 Å². The summed E-state index contributed by atoms with van der Waals surface area (Å²) in [4.78, 5) is 14.7. The summed E-state index contributed by atoms with van der Waals surface area (Å²) in [6, 6.07) is 14.1. The monoisotopic (exact) mass is 354 g/mol. The van der Waals surface area contributed by atoms with Crippen molar-refractivity contribution >= 4 is 22.6 Å². The van der Waals surface area contributed by atoms with E-state index in [1.54, 1.807) is 12.0 Å². The quantitative estimate of drug-likeness (QED) is 0.690. The number of carbonyl (C=O) groups is 1. The second kappa shape index (κ2) is 7.92. The Morgan fingerprint density at radius 2 is 2.04 bits per heavy atom. The van der Waals surface area contributed by atoms with Crippen LogP contribution in [0.4, 0.5) is 5.95 Å². The lowest BCUT2D eigenvalue weighted by Gasteiger charge is -2.29. The minimum atomic E-state index is -0.124. The van der Waals surface area contributed by atoms with Gasteiger partial charge in [-0.05, 0) is 33.7 Å². The fraction of sp³-hybridized carbons (Fsp3) is 0.333. The van der Waals surface area contributed by atoms with E-state index in [4.69, 9.17) is 10.5 Å². The van der Waals surface area contributed by atoms with Gasteiger partial charge in [0.2, 0.25) is 11.9 Å². The van der Waals surface area contributed by atoms with Crippen molar-refractivity contribution in [1.29, 1.82) is 0 Å². The molecule has 0 aliphatic carbocycles. The predicted octanol–water partition coefficient (Wildman–Crippen LogP) is 1.47. The van der Waals surface area contributed by atoms with Gasteiger partial charge in [-0.3, -0.25) is 4.79 Å². The van der Waals surface area contributed by atoms with Gasteiger partial charge in [-0.15, -0.1) is 0 Å². The first-order valence-corrected chi connectivity index (χ1v) is 8.37. The van der Waals surface area contributed by atoms with Crippen LogP contribution in [-0.2, 0) is 22.6 Å². The van der Waals surface area contributed by atoms with E-state index in [1.807, 2.05) is 31.2 Å². The van der Waals surface area contributed by atoms with Crippen LogP contribution in [0.25, 0.3) is 10.8 Å². The number of hydrogen-bond acceptors (Lipinski definition) is 6. The number of nitrogens with zero attached hydrogens (tertiary/aromatic N) is 5. The van der Waals surface area contributed by atoms with Gasteiger partial charge in [0.15, 0.2) is 0 Å². The highest BCUT2D eigenvalue weighted by atomic mass is 16.5. The SMILES string of the molecule is COC[C@H](C)N(Cc1cccc2ccccc12)C(=O)Cn1nnnc1N. The molecule has 2 aromatic carbocycles. The topological polar surface area (TPSA) is 99.2 Å². The Hall–Kier alpha value is -3.00. The number of hydrogen-bond donors (Lipinski definition) is 1. The molecule has 3 aromatic rings. The standard InChI is InChI=1S/C18H22N6O2/c1-13(12-26-2)23(17(25)11-24-18(19)20-21-22-24)10-15-8-5-7-14-6-3-4-9-16(14)15/h3-9,13H,10-12H2,1-2H3,(H2,19,20,22)/t13-/m0/s1. The second-order valence-electron chi connectivity index (χ2n) is 6.16. The number of fused-ring (bicyclic) bond motifs is 1. The summed E-state index contributed by atoms with van der Waals surface area (Å²) in [7, 11) is 1.62. The van der Waals surface area contributed by atoms with Crippen molar-refractivity contribution in [2.75, 3.05) is 19.5 Å². The van der Waals surface area contributed by atoms with E-state index in [9.17, 15) is 4.79 Å². The molecule has 2 N–H and O–H groups in total. The number of aromatic nitrogens is 4. The number of methoxy groups -OCH3 is 1. The van der Waals surface area contributed by atoms with Gasteiger partial charge in [0, 0.05) is 13.7 Å². The van der Waals surface area contributed by atoms with Crippen LogP contribution < -0.4 is 5.73 Å². The van der Waals surface area contributed by atoms with E-state index in [-0.39, 0.29) is 24.4 Å². The number of carbonyl (C=O) groups excluding carboxylic acids is 1. The molecule has 0 unspecified atom stereocenters. The Kier molecular flexibility index (Phi) is 5.43. The Balaban J connectivity index is 1.88. The molecule has 1 aromatic heterocycles. The zero-order valence-corrected chi connectivity index (χ0v) is 14.9. The molecule has 0 radical (unpaired) electrons. The van der Waals surface area contributed by atoms with Gasteiger partial charge in [-0.25, -0.2) is 4.68 Å². The summed E-state index contributed by atoms with van der Waals surface area (Å²) in [5, 5.41) is 13.1. The minimum absolute atomic E-state index is 0.0162. The van der Waals surface area contributed by atoms with Gasteiger partial charge in [0.25, 0.3) is 0 Å². The fourth-order valence-electron chi connectivity index (χ4n) is 2.98. The van der Waals surface area contributed by atoms with Crippen molar-refractivity contribution in [2.24, 2.45) is 0 Å². The Labute approximate surface area is 151 Å². The molecule has 0 bridgehead atoms. The number of nitrogen functional groups attached to an aromatic ring is 1. The van der Waals surface area contributed by atoms with E-state index in [2.05, 4.69) is 33.7 Å². The van der Waals surface area contributed by atoms with Crippen LogP contribution in [0.5, 0.6) is 0 Å². The van der Waals surface area contributed by atoms with Crippen LogP contribution in [0.1, 0.15) is 12.5 Å². The van der Waals surface area contributed by atoms with Crippen molar-refractivity contribution in [3.05, 3.63) is 48.0 Å². The number of benzene rings is 2. The zero-order chi connectivity index (χ0) is 18.5. The molecule has 8 nitrogen and oxygen atoms in total. The normalized spacial score (nSPS) is 12.2.